The molecule has 1 fully saturated rings. The van der Waals surface area contributed by atoms with E-state index in [-0.39, 0.29) is 24.4 Å². The van der Waals surface area contributed by atoms with Crippen molar-refractivity contribution in [2.75, 3.05) is 13.1 Å². The molecule has 0 bridgehead atoms. The molecule has 0 aromatic carbocycles. The van der Waals surface area contributed by atoms with Crippen molar-refractivity contribution in [2.24, 2.45) is 5.92 Å². The maximum atomic E-state index is 12.5. The van der Waals surface area contributed by atoms with Crippen molar-refractivity contribution >= 4 is 12.3 Å². The molecule has 1 aliphatic rings. The minimum Gasteiger partial charge on any atom is -0.340 e. The standard InChI is InChI=1S/C14H26N2O3/c1-3-4-8-13(10-15(19)11-17)14(18)16-9-6-5-7-12(16)2/h11-13,19H,3-10H2,1-2H3/t12?,13-/m1/s1. The van der Waals surface area contributed by atoms with E-state index in [4.69, 9.17) is 0 Å². The maximum absolute atomic E-state index is 12.5. The third-order valence-corrected chi connectivity index (χ3v) is 3.87. The molecular formula is C14H26N2O3. The first kappa shape index (κ1) is 16.0. The van der Waals surface area contributed by atoms with Crippen LogP contribution in [0.15, 0.2) is 0 Å². The Hall–Kier alpha value is -1.10. The minimum absolute atomic E-state index is 0.0848. The first-order valence-corrected chi connectivity index (χ1v) is 7.31. The number of nitrogens with zero attached hydrogens (tertiary/aromatic N) is 2. The molecule has 1 rings (SSSR count). The fourth-order valence-electron chi connectivity index (χ4n) is 2.67. The van der Waals surface area contributed by atoms with Gasteiger partial charge in [0.05, 0.1) is 12.5 Å². The van der Waals surface area contributed by atoms with Gasteiger partial charge in [0.2, 0.25) is 12.3 Å². The van der Waals surface area contributed by atoms with E-state index in [1.165, 1.54) is 6.42 Å². The van der Waals surface area contributed by atoms with Crippen molar-refractivity contribution in [1.82, 2.24) is 9.96 Å². The van der Waals surface area contributed by atoms with E-state index in [9.17, 15) is 14.8 Å². The summed E-state index contributed by atoms with van der Waals surface area (Å²) in [6.45, 7) is 5.05. The zero-order chi connectivity index (χ0) is 14.3. The van der Waals surface area contributed by atoms with Gasteiger partial charge in [0.25, 0.3) is 0 Å². The molecule has 5 heteroatoms. The summed E-state index contributed by atoms with van der Waals surface area (Å²) in [4.78, 5) is 25.0. The molecule has 1 N–H and O–H groups in total. The normalized spacial score (nSPS) is 21.0. The van der Waals surface area contributed by atoms with Crippen LogP contribution in [0.4, 0.5) is 0 Å². The smallest absolute Gasteiger partial charge is 0.233 e. The Morgan fingerprint density at radius 1 is 1.53 bits per heavy atom. The first-order chi connectivity index (χ1) is 9.10. The molecule has 0 aliphatic carbocycles. The van der Waals surface area contributed by atoms with Gasteiger partial charge >= 0.3 is 0 Å². The zero-order valence-electron chi connectivity index (χ0n) is 12.0. The van der Waals surface area contributed by atoms with Crippen molar-refractivity contribution in [3.05, 3.63) is 0 Å². The highest BCUT2D eigenvalue weighted by molar-refractivity contribution is 5.79. The molecule has 0 saturated carbocycles. The van der Waals surface area contributed by atoms with Gasteiger partial charge in [-0.25, -0.2) is 5.06 Å². The molecule has 1 saturated heterocycles. The number of likely N-dealkylation sites (tertiary alicyclic amines) is 1. The lowest BCUT2D eigenvalue weighted by Gasteiger charge is -2.36. The van der Waals surface area contributed by atoms with Crippen LogP contribution >= 0.6 is 0 Å². The largest absolute Gasteiger partial charge is 0.340 e. The van der Waals surface area contributed by atoms with E-state index in [1.807, 2.05) is 4.90 Å². The molecule has 110 valence electrons. The van der Waals surface area contributed by atoms with Crippen LogP contribution in [-0.2, 0) is 9.59 Å². The van der Waals surface area contributed by atoms with Gasteiger partial charge in [-0.15, -0.1) is 0 Å². The van der Waals surface area contributed by atoms with E-state index < -0.39 is 0 Å². The Morgan fingerprint density at radius 2 is 2.26 bits per heavy atom. The Morgan fingerprint density at radius 3 is 2.84 bits per heavy atom. The Balaban J connectivity index is 2.65. The van der Waals surface area contributed by atoms with Gasteiger partial charge in [0.15, 0.2) is 0 Å². The predicted octanol–water partition coefficient (Wildman–Crippen LogP) is 2.04. The molecule has 0 aromatic heterocycles. The molecule has 5 nitrogen and oxygen atoms in total. The molecule has 1 aliphatic heterocycles. The Labute approximate surface area is 115 Å². The number of hydrogen-bond donors (Lipinski definition) is 1. The summed E-state index contributed by atoms with van der Waals surface area (Å²) in [5.74, 6) is -0.197. The van der Waals surface area contributed by atoms with Gasteiger partial charge in [-0.1, -0.05) is 19.8 Å². The van der Waals surface area contributed by atoms with Crippen LogP contribution < -0.4 is 0 Å². The zero-order valence-corrected chi connectivity index (χ0v) is 12.0. The van der Waals surface area contributed by atoms with Crippen molar-refractivity contribution in [3.8, 4) is 0 Å². The molecule has 0 aromatic rings. The highest BCUT2D eigenvalue weighted by Crippen LogP contribution is 2.21. The maximum Gasteiger partial charge on any atom is 0.233 e. The Bertz CT molecular complexity index is 296. The SMILES string of the molecule is CCCC[C@H](CN(O)C=O)C(=O)N1CCCCC1C. The number of carbonyl (C=O) groups is 2. The van der Waals surface area contributed by atoms with Crippen molar-refractivity contribution in [2.45, 2.75) is 58.4 Å². The van der Waals surface area contributed by atoms with Gasteiger partial charge in [0.1, 0.15) is 0 Å². The molecule has 1 heterocycles. The summed E-state index contributed by atoms with van der Waals surface area (Å²) < 4.78 is 0. The van der Waals surface area contributed by atoms with Crippen LogP contribution in [0.5, 0.6) is 0 Å². The van der Waals surface area contributed by atoms with E-state index in [0.717, 1.165) is 38.6 Å². The highest BCUT2D eigenvalue weighted by Gasteiger charge is 2.29. The summed E-state index contributed by atoms with van der Waals surface area (Å²) in [7, 11) is 0. The van der Waals surface area contributed by atoms with Crippen LogP contribution in [-0.4, -0.2) is 46.6 Å². The lowest BCUT2D eigenvalue weighted by molar-refractivity contribution is -0.158. The first-order valence-electron chi connectivity index (χ1n) is 7.31. The van der Waals surface area contributed by atoms with Gasteiger partial charge in [-0.2, -0.15) is 0 Å². The van der Waals surface area contributed by atoms with E-state index >= 15 is 0 Å². The third kappa shape index (κ3) is 4.82. The summed E-state index contributed by atoms with van der Waals surface area (Å²) in [5, 5.41) is 9.93. The second kappa shape index (κ2) is 8.15. The summed E-state index contributed by atoms with van der Waals surface area (Å²) in [6, 6.07) is 0.272. The average Bonchev–Trinajstić information content (AvgIpc) is 2.43. The van der Waals surface area contributed by atoms with Crippen LogP contribution in [0.2, 0.25) is 0 Å². The van der Waals surface area contributed by atoms with Gasteiger partial charge in [-0.05, 0) is 32.6 Å². The average molecular weight is 270 g/mol. The molecule has 0 radical (unpaired) electrons. The summed E-state index contributed by atoms with van der Waals surface area (Å²) in [6.07, 6.45) is 6.30. The van der Waals surface area contributed by atoms with Gasteiger partial charge < -0.3 is 4.90 Å². The van der Waals surface area contributed by atoms with Crippen molar-refractivity contribution in [1.29, 1.82) is 0 Å². The lowest BCUT2D eigenvalue weighted by atomic mass is 9.96. The Kier molecular flexibility index (Phi) is 6.84. The number of unbranched alkanes of at least 4 members (excludes halogenated alkanes) is 1. The predicted molar refractivity (Wildman–Crippen MR) is 72.6 cm³/mol. The van der Waals surface area contributed by atoms with Crippen molar-refractivity contribution < 1.29 is 14.8 Å². The molecule has 19 heavy (non-hydrogen) atoms. The monoisotopic (exact) mass is 270 g/mol. The number of hydroxylamine groups is 2. The number of amides is 2. The summed E-state index contributed by atoms with van der Waals surface area (Å²) in [5.41, 5.74) is 0. The van der Waals surface area contributed by atoms with Gasteiger partial charge in [-0.3, -0.25) is 14.8 Å². The third-order valence-electron chi connectivity index (χ3n) is 3.87. The second-order valence-corrected chi connectivity index (χ2v) is 5.44. The lowest BCUT2D eigenvalue weighted by Crippen LogP contribution is -2.47. The van der Waals surface area contributed by atoms with E-state index in [0.29, 0.717) is 11.5 Å². The van der Waals surface area contributed by atoms with Gasteiger partial charge in [0, 0.05) is 12.6 Å². The minimum atomic E-state index is -0.282. The van der Waals surface area contributed by atoms with Crippen LogP contribution in [0.3, 0.4) is 0 Å². The van der Waals surface area contributed by atoms with Crippen LogP contribution in [0, 0.1) is 5.92 Å². The molecule has 2 atom stereocenters. The van der Waals surface area contributed by atoms with E-state index in [1.54, 1.807) is 0 Å². The fourth-order valence-corrected chi connectivity index (χ4v) is 2.67. The van der Waals surface area contributed by atoms with Crippen molar-refractivity contribution in [3.63, 3.8) is 0 Å². The second-order valence-electron chi connectivity index (χ2n) is 5.44. The van der Waals surface area contributed by atoms with Crippen LogP contribution in [0.1, 0.15) is 52.4 Å². The number of piperidine rings is 1. The fraction of sp³-hybridized carbons (Fsp3) is 0.857. The highest BCUT2D eigenvalue weighted by atomic mass is 16.5. The number of hydrogen-bond acceptors (Lipinski definition) is 3. The van der Waals surface area contributed by atoms with E-state index in [2.05, 4.69) is 13.8 Å². The topological polar surface area (TPSA) is 60.9 Å². The molecule has 0 spiro atoms. The summed E-state index contributed by atoms with van der Waals surface area (Å²) >= 11 is 0. The molecular weight excluding hydrogens is 244 g/mol. The quantitative estimate of drug-likeness (QED) is 0.437. The molecule has 1 unspecified atom stereocenters. The van der Waals surface area contributed by atoms with Crippen LogP contribution in [0.25, 0.3) is 0 Å². The molecule has 2 amide bonds. The number of rotatable bonds is 7. The number of carbonyl (C=O) groups excluding carboxylic acids is 2.